The van der Waals surface area contributed by atoms with E-state index in [0.29, 0.717) is 0 Å². The second-order valence-corrected chi connectivity index (χ2v) is 2.16. The largest absolute Gasteiger partial charge is 2.00 e. The van der Waals surface area contributed by atoms with Gasteiger partial charge >= 0.3 is 23.1 Å². The SMILES string of the molecule is Cc1ccccc1Cl.[Cl-].[Cl-].[Mg+2]. The number of hydrogen-bond donors (Lipinski definition) is 0. The zero-order valence-electron chi connectivity index (χ0n) is 6.15. The summed E-state index contributed by atoms with van der Waals surface area (Å²) in [6, 6.07) is 7.77. The standard InChI is InChI=1S/C7H7Cl.2ClH.Mg/c1-6-4-2-3-5-7(6)8;;;/h2-5H,1H3;2*1H;/q;;;+2/p-2. The van der Waals surface area contributed by atoms with Gasteiger partial charge in [0.05, 0.1) is 0 Å². The van der Waals surface area contributed by atoms with Gasteiger partial charge in [-0.2, -0.15) is 0 Å². The first-order valence-corrected chi connectivity index (χ1v) is 2.89. The van der Waals surface area contributed by atoms with Crippen LogP contribution in [0, 0.1) is 6.92 Å². The van der Waals surface area contributed by atoms with Crippen LogP contribution in [-0.4, -0.2) is 23.1 Å². The van der Waals surface area contributed by atoms with Gasteiger partial charge < -0.3 is 24.8 Å². The third-order valence-corrected chi connectivity index (χ3v) is 1.50. The van der Waals surface area contributed by atoms with Crippen molar-refractivity contribution in [2.45, 2.75) is 6.92 Å². The van der Waals surface area contributed by atoms with Crippen LogP contribution in [0.4, 0.5) is 0 Å². The summed E-state index contributed by atoms with van der Waals surface area (Å²) in [5.74, 6) is 0. The van der Waals surface area contributed by atoms with Crippen LogP contribution in [0.2, 0.25) is 5.02 Å². The Labute approximate surface area is 101 Å². The van der Waals surface area contributed by atoms with E-state index in [1.165, 1.54) is 0 Å². The van der Waals surface area contributed by atoms with E-state index in [4.69, 9.17) is 11.6 Å². The van der Waals surface area contributed by atoms with Crippen LogP contribution in [0.5, 0.6) is 0 Å². The van der Waals surface area contributed by atoms with Gasteiger partial charge in [-0.25, -0.2) is 0 Å². The Morgan fingerprint density at radius 2 is 1.55 bits per heavy atom. The van der Waals surface area contributed by atoms with E-state index in [0.717, 1.165) is 10.6 Å². The summed E-state index contributed by atoms with van der Waals surface area (Å²) < 4.78 is 0. The van der Waals surface area contributed by atoms with E-state index < -0.39 is 0 Å². The molecular formula is C7H7Cl3Mg. The third-order valence-electron chi connectivity index (χ3n) is 1.08. The number of halogens is 3. The van der Waals surface area contributed by atoms with E-state index in [2.05, 4.69) is 0 Å². The molecule has 0 saturated carbocycles. The Bertz CT molecular complexity index is 170. The maximum atomic E-state index is 5.71. The molecule has 0 radical (unpaired) electrons. The molecule has 0 bridgehead atoms. The molecule has 0 N–H and O–H groups in total. The number of benzene rings is 1. The average molecular weight is 222 g/mol. The van der Waals surface area contributed by atoms with Crippen molar-refractivity contribution in [1.82, 2.24) is 0 Å². The fourth-order valence-corrected chi connectivity index (χ4v) is 0.687. The Hall–Kier alpha value is 0.856. The summed E-state index contributed by atoms with van der Waals surface area (Å²) in [6.45, 7) is 1.99. The quantitative estimate of drug-likeness (QED) is 0.396. The molecule has 0 spiro atoms. The van der Waals surface area contributed by atoms with Crippen LogP contribution in [0.1, 0.15) is 5.56 Å². The van der Waals surface area contributed by atoms with Gasteiger partial charge in [0.2, 0.25) is 0 Å². The van der Waals surface area contributed by atoms with Gasteiger partial charge in [-0.05, 0) is 18.6 Å². The van der Waals surface area contributed by atoms with Crippen molar-refractivity contribution in [2.24, 2.45) is 0 Å². The molecule has 0 aromatic heterocycles. The van der Waals surface area contributed by atoms with E-state index in [-0.39, 0.29) is 47.9 Å². The van der Waals surface area contributed by atoms with Crippen molar-refractivity contribution in [2.75, 3.05) is 0 Å². The van der Waals surface area contributed by atoms with Crippen molar-refractivity contribution in [3.8, 4) is 0 Å². The molecular weight excluding hydrogens is 215 g/mol. The topological polar surface area (TPSA) is 0 Å². The molecule has 1 rings (SSSR count). The first-order valence-electron chi connectivity index (χ1n) is 2.52. The van der Waals surface area contributed by atoms with Crippen LogP contribution < -0.4 is 24.8 Å². The fraction of sp³-hybridized carbons (Fsp3) is 0.143. The predicted molar refractivity (Wildman–Crippen MR) is 41.9 cm³/mol. The molecule has 0 fully saturated rings. The van der Waals surface area contributed by atoms with E-state index in [1.807, 2.05) is 31.2 Å². The Kier molecular flexibility index (Phi) is 14.5. The molecule has 1 aromatic carbocycles. The minimum absolute atomic E-state index is 0. The molecule has 0 aliphatic heterocycles. The Morgan fingerprint density at radius 3 is 1.82 bits per heavy atom. The minimum atomic E-state index is 0. The third kappa shape index (κ3) is 6.06. The van der Waals surface area contributed by atoms with Crippen LogP contribution in [0.3, 0.4) is 0 Å². The predicted octanol–water partition coefficient (Wildman–Crippen LogP) is -3.72. The molecule has 0 amide bonds. The van der Waals surface area contributed by atoms with Gasteiger partial charge in [0, 0.05) is 5.02 Å². The zero-order chi connectivity index (χ0) is 5.98. The number of rotatable bonds is 0. The van der Waals surface area contributed by atoms with Gasteiger partial charge in [-0.3, -0.25) is 0 Å². The van der Waals surface area contributed by atoms with Crippen LogP contribution >= 0.6 is 11.6 Å². The Balaban J connectivity index is -0.000000213. The molecule has 58 valence electrons. The summed E-state index contributed by atoms with van der Waals surface area (Å²) >= 11 is 5.71. The summed E-state index contributed by atoms with van der Waals surface area (Å²) in [7, 11) is 0. The van der Waals surface area contributed by atoms with E-state index in [1.54, 1.807) is 0 Å². The monoisotopic (exact) mass is 220 g/mol. The van der Waals surface area contributed by atoms with Crippen molar-refractivity contribution in [3.63, 3.8) is 0 Å². The van der Waals surface area contributed by atoms with E-state index >= 15 is 0 Å². The van der Waals surface area contributed by atoms with Crippen molar-refractivity contribution in [1.29, 1.82) is 0 Å². The smallest absolute Gasteiger partial charge is 1.00 e. The molecule has 0 unspecified atom stereocenters. The number of aryl methyl sites for hydroxylation is 1. The van der Waals surface area contributed by atoms with Crippen LogP contribution in [-0.2, 0) is 0 Å². The second kappa shape index (κ2) is 8.95. The molecule has 0 aliphatic rings. The van der Waals surface area contributed by atoms with Crippen molar-refractivity contribution in [3.05, 3.63) is 34.9 Å². The summed E-state index contributed by atoms with van der Waals surface area (Å²) in [5.41, 5.74) is 1.13. The molecule has 0 aliphatic carbocycles. The molecule has 0 heterocycles. The van der Waals surface area contributed by atoms with Gasteiger partial charge in [0.1, 0.15) is 0 Å². The molecule has 4 heteroatoms. The molecule has 0 saturated heterocycles. The first-order chi connectivity index (χ1) is 3.80. The Morgan fingerprint density at radius 1 is 1.09 bits per heavy atom. The fourth-order valence-electron chi connectivity index (χ4n) is 0.551. The zero-order valence-corrected chi connectivity index (χ0v) is 9.83. The first kappa shape index (κ1) is 17.8. The van der Waals surface area contributed by atoms with Gasteiger partial charge in [-0.1, -0.05) is 29.8 Å². The van der Waals surface area contributed by atoms with Gasteiger partial charge in [-0.15, -0.1) is 0 Å². The van der Waals surface area contributed by atoms with Crippen LogP contribution in [0.15, 0.2) is 24.3 Å². The molecule has 0 nitrogen and oxygen atoms in total. The molecule has 1 aromatic rings. The van der Waals surface area contributed by atoms with Gasteiger partial charge in [0.25, 0.3) is 0 Å². The van der Waals surface area contributed by atoms with Crippen LogP contribution in [0.25, 0.3) is 0 Å². The molecule has 11 heavy (non-hydrogen) atoms. The minimum Gasteiger partial charge on any atom is -1.00 e. The van der Waals surface area contributed by atoms with E-state index in [9.17, 15) is 0 Å². The normalized spacial score (nSPS) is 6.73. The summed E-state index contributed by atoms with van der Waals surface area (Å²) in [5, 5.41) is 0.840. The summed E-state index contributed by atoms with van der Waals surface area (Å²) in [6.07, 6.45) is 0. The summed E-state index contributed by atoms with van der Waals surface area (Å²) in [4.78, 5) is 0. The second-order valence-electron chi connectivity index (χ2n) is 1.75. The maximum absolute atomic E-state index is 5.71. The van der Waals surface area contributed by atoms with Crippen molar-refractivity contribution < 1.29 is 24.8 Å². The average Bonchev–Trinajstić information content (AvgIpc) is 1.77. The maximum Gasteiger partial charge on any atom is 2.00 e. The van der Waals surface area contributed by atoms with Crippen molar-refractivity contribution >= 4 is 34.7 Å². The molecule has 0 atom stereocenters. The van der Waals surface area contributed by atoms with Gasteiger partial charge in [0.15, 0.2) is 0 Å². The number of hydrogen-bond acceptors (Lipinski definition) is 0.